The molecule has 2 aromatic heterocycles. The third-order valence-corrected chi connectivity index (χ3v) is 4.66. The van der Waals surface area contributed by atoms with E-state index in [-0.39, 0.29) is 23.2 Å². The fraction of sp³-hybridized carbons (Fsp3) is 0.222. The summed E-state index contributed by atoms with van der Waals surface area (Å²) in [6.45, 7) is 3.48. The van der Waals surface area contributed by atoms with Gasteiger partial charge >= 0.3 is 5.91 Å². The number of furan rings is 1. The number of para-hydroxylation sites is 1. The molecule has 0 atom stereocenters. The third-order valence-electron chi connectivity index (χ3n) is 3.73. The first kappa shape index (κ1) is 19.5. The zero-order valence-electron chi connectivity index (χ0n) is 15.2. The smallest absolute Gasteiger partial charge is 0.305 e. The Balaban J connectivity index is 1.41. The molecule has 0 spiro atoms. The van der Waals surface area contributed by atoms with E-state index in [1.807, 2.05) is 18.2 Å². The minimum atomic E-state index is -0.550. The van der Waals surface area contributed by atoms with E-state index >= 15 is 0 Å². The number of rotatable bonds is 6. The molecule has 0 aliphatic carbocycles. The molecule has 0 aliphatic rings. The molecule has 2 heterocycles. The van der Waals surface area contributed by atoms with Crippen molar-refractivity contribution in [2.75, 3.05) is 16.8 Å². The largest absolute Gasteiger partial charge is 0.451 e. The molecular weight excluding hydrogens is 384 g/mol. The van der Waals surface area contributed by atoms with Gasteiger partial charge in [-0.3, -0.25) is 25.2 Å². The number of anilines is 1. The van der Waals surface area contributed by atoms with Crippen LogP contribution in [0.2, 0.25) is 0 Å². The summed E-state index contributed by atoms with van der Waals surface area (Å²) in [4.78, 5) is 35.8. The highest BCUT2D eigenvalue weighted by molar-refractivity contribution is 8.00. The molecule has 146 valence electrons. The molecule has 3 rings (SSSR count). The van der Waals surface area contributed by atoms with Crippen LogP contribution in [0.5, 0.6) is 0 Å². The van der Waals surface area contributed by atoms with Crippen molar-refractivity contribution in [3.05, 3.63) is 47.4 Å². The number of nitrogens with zero attached hydrogens (tertiary/aromatic N) is 1. The van der Waals surface area contributed by atoms with Crippen molar-refractivity contribution in [1.29, 1.82) is 0 Å². The van der Waals surface area contributed by atoms with Gasteiger partial charge in [-0.05, 0) is 19.9 Å². The first-order valence-electron chi connectivity index (χ1n) is 8.32. The van der Waals surface area contributed by atoms with E-state index in [4.69, 9.17) is 8.94 Å². The lowest BCUT2D eigenvalue weighted by Gasteiger charge is -2.06. The summed E-state index contributed by atoms with van der Waals surface area (Å²) >= 11 is 1.09. The van der Waals surface area contributed by atoms with Crippen LogP contribution in [0.25, 0.3) is 11.0 Å². The van der Waals surface area contributed by atoms with E-state index in [2.05, 4.69) is 21.3 Å². The fourth-order valence-electron chi connectivity index (χ4n) is 2.45. The number of fused-ring (bicyclic) bond motifs is 1. The molecule has 0 saturated heterocycles. The Hall–Kier alpha value is -3.27. The normalized spacial score (nSPS) is 10.6. The lowest BCUT2D eigenvalue weighted by Crippen LogP contribution is -2.42. The average Bonchev–Trinajstić information content (AvgIpc) is 3.23. The Kier molecular flexibility index (Phi) is 5.99. The minimum absolute atomic E-state index is 0.00927. The Morgan fingerprint density at radius 1 is 1.07 bits per heavy atom. The maximum absolute atomic E-state index is 12.2. The highest BCUT2D eigenvalue weighted by atomic mass is 32.2. The minimum Gasteiger partial charge on any atom is -0.451 e. The summed E-state index contributed by atoms with van der Waals surface area (Å²) in [5.41, 5.74) is 5.90. The van der Waals surface area contributed by atoms with Gasteiger partial charge in [-0.1, -0.05) is 23.4 Å². The van der Waals surface area contributed by atoms with Gasteiger partial charge in [0.2, 0.25) is 11.8 Å². The van der Waals surface area contributed by atoms with Gasteiger partial charge in [0.05, 0.1) is 11.5 Å². The maximum Gasteiger partial charge on any atom is 0.305 e. The number of hydrazine groups is 1. The third kappa shape index (κ3) is 4.71. The van der Waals surface area contributed by atoms with Crippen molar-refractivity contribution in [3.63, 3.8) is 0 Å². The molecule has 0 unspecified atom stereocenters. The molecule has 0 saturated carbocycles. The number of carbonyl (C=O) groups is 3. The average molecular weight is 402 g/mol. The molecule has 0 bridgehead atoms. The van der Waals surface area contributed by atoms with Gasteiger partial charge in [-0.15, -0.1) is 11.8 Å². The van der Waals surface area contributed by atoms with Gasteiger partial charge in [0, 0.05) is 17.0 Å². The van der Waals surface area contributed by atoms with Gasteiger partial charge in [-0.2, -0.15) is 0 Å². The predicted molar refractivity (Wildman–Crippen MR) is 104 cm³/mol. The molecular formula is C18H18N4O5S. The van der Waals surface area contributed by atoms with E-state index in [9.17, 15) is 14.4 Å². The number of aromatic nitrogens is 1. The van der Waals surface area contributed by atoms with E-state index in [0.29, 0.717) is 22.7 Å². The van der Waals surface area contributed by atoms with Crippen LogP contribution in [-0.2, 0) is 9.59 Å². The van der Waals surface area contributed by atoms with Crippen molar-refractivity contribution < 1.29 is 23.3 Å². The number of thioether (sulfide) groups is 1. The van der Waals surface area contributed by atoms with Gasteiger partial charge < -0.3 is 14.3 Å². The number of hydrogen-bond donors (Lipinski definition) is 3. The Bertz CT molecular complexity index is 1030. The molecule has 0 fully saturated rings. The van der Waals surface area contributed by atoms with Crippen LogP contribution >= 0.6 is 11.8 Å². The second kappa shape index (κ2) is 8.61. The van der Waals surface area contributed by atoms with Crippen molar-refractivity contribution in [2.45, 2.75) is 13.8 Å². The quantitative estimate of drug-likeness (QED) is 0.539. The Morgan fingerprint density at radius 2 is 1.82 bits per heavy atom. The highest BCUT2D eigenvalue weighted by Crippen LogP contribution is 2.24. The number of amides is 3. The Labute approximate surface area is 164 Å². The number of nitrogens with one attached hydrogen (secondary N) is 3. The lowest BCUT2D eigenvalue weighted by atomic mass is 10.1. The zero-order chi connectivity index (χ0) is 20.1. The second-order valence-corrected chi connectivity index (χ2v) is 6.90. The summed E-state index contributed by atoms with van der Waals surface area (Å²) in [6, 6.07) is 8.87. The van der Waals surface area contributed by atoms with Gasteiger partial charge in [0.1, 0.15) is 11.3 Å². The van der Waals surface area contributed by atoms with Gasteiger partial charge in [0.15, 0.2) is 11.6 Å². The van der Waals surface area contributed by atoms with Crippen LogP contribution in [0.3, 0.4) is 0 Å². The zero-order valence-corrected chi connectivity index (χ0v) is 16.0. The van der Waals surface area contributed by atoms with Crippen molar-refractivity contribution in [2.24, 2.45) is 0 Å². The van der Waals surface area contributed by atoms with Crippen LogP contribution in [0, 0.1) is 13.8 Å². The number of hydrogen-bond acceptors (Lipinski definition) is 7. The highest BCUT2D eigenvalue weighted by Gasteiger charge is 2.18. The summed E-state index contributed by atoms with van der Waals surface area (Å²) in [5.74, 6) is -0.229. The van der Waals surface area contributed by atoms with Crippen molar-refractivity contribution in [3.8, 4) is 0 Å². The van der Waals surface area contributed by atoms with Crippen LogP contribution in [0.15, 0.2) is 39.3 Å². The first-order valence-corrected chi connectivity index (χ1v) is 9.47. The molecule has 3 amide bonds. The van der Waals surface area contributed by atoms with E-state index in [1.165, 1.54) is 0 Å². The van der Waals surface area contributed by atoms with Gasteiger partial charge in [-0.25, -0.2) is 0 Å². The van der Waals surface area contributed by atoms with Gasteiger partial charge in [0.25, 0.3) is 0 Å². The van der Waals surface area contributed by atoms with Crippen LogP contribution in [0.1, 0.15) is 21.9 Å². The van der Waals surface area contributed by atoms with E-state index in [0.717, 1.165) is 17.1 Å². The summed E-state index contributed by atoms with van der Waals surface area (Å²) in [5, 5.41) is 7.03. The number of benzene rings is 1. The van der Waals surface area contributed by atoms with Crippen LogP contribution in [0.4, 0.5) is 5.82 Å². The summed E-state index contributed by atoms with van der Waals surface area (Å²) < 4.78 is 10.4. The molecule has 3 aromatic rings. The SMILES string of the molecule is Cc1cc(NC(=O)CSCC(=O)NNC(=O)c2oc3ccccc3c2C)no1. The Morgan fingerprint density at radius 3 is 2.54 bits per heavy atom. The lowest BCUT2D eigenvalue weighted by molar-refractivity contribution is -0.119. The summed E-state index contributed by atoms with van der Waals surface area (Å²) in [7, 11) is 0. The molecule has 1 aromatic carbocycles. The molecule has 0 radical (unpaired) electrons. The second-order valence-electron chi connectivity index (χ2n) is 5.92. The predicted octanol–water partition coefficient (Wildman–Crippen LogP) is 2.17. The monoisotopic (exact) mass is 402 g/mol. The standard InChI is InChI=1S/C18H18N4O5S/c1-10-7-14(22-27-10)19-15(23)8-28-9-16(24)20-21-18(25)17-11(2)12-5-3-4-6-13(12)26-17/h3-7H,8-9H2,1-2H3,(H,20,24)(H,21,25)(H,19,22,23). The van der Waals surface area contributed by atoms with Crippen LogP contribution < -0.4 is 16.2 Å². The topological polar surface area (TPSA) is 126 Å². The summed E-state index contributed by atoms with van der Waals surface area (Å²) in [6.07, 6.45) is 0. The molecule has 3 N–H and O–H groups in total. The molecule has 10 heteroatoms. The molecule has 0 aliphatic heterocycles. The fourth-order valence-corrected chi connectivity index (χ4v) is 3.07. The molecule has 9 nitrogen and oxygen atoms in total. The molecule has 28 heavy (non-hydrogen) atoms. The van der Waals surface area contributed by atoms with Crippen molar-refractivity contribution in [1.82, 2.24) is 16.0 Å². The maximum atomic E-state index is 12.2. The first-order chi connectivity index (χ1) is 13.4. The van der Waals surface area contributed by atoms with E-state index in [1.54, 1.807) is 26.0 Å². The van der Waals surface area contributed by atoms with E-state index < -0.39 is 11.8 Å². The van der Waals surface area contributed by atoms with Crippen molar-refractivity contribution >= 4 is 46.3 Å². The number of carbonyl (C=O) groups excluding carboxylic acids is 3. The number of aryl methyl sites for hydroxylation is 2. The van der Waals surface area contributed by atoms with Crippen LogP contribution in [-0.4, -0.2) is 34.4 Å².